The molecule has 0 amide bonds. The number of hydrogen-bond acceptors (Lipinski definition) is 1. The van der Waals surface area contributed by atoms with E-state index in [0.29, 0.717) is 0 Å². The van der Waals surface area contributed by atoms with E-state index in [1.54, 1.807) is 0 Å². The van der Waals surface area contributed by atoms with Gasteiger partial charge in [-0.15, -0.1) is 0 Å². The summed E-state index contributed by atoms with van der Waals surface area (Å²) in [7, 11) is 3.81. The predicted octanol–water partition coefficient (Wildman–Crippen LogP) is 0.861. The predicted molar refractivity (Wildman–Crippen MR) is 51.0 cm³/mol. The number of nitrogens with zero attached hydrogens (tertiary/aromatic N) is 2. The highest BCUT2D eigenvalue weighted by atomic mass is 32.5. The van der Waals surface area contributed by atoms with Crippen LogP contribution in [-0.2, 0) is 11.8 Å². The van der Waals surface area contributed by atoms with Gasteiger partial charge < -0.3 is 4.89 Å². The van der Waals surface area contributed by atoms with Gasteiger partial charge in [0.15, 0.2) is 6.57 Å². The first kappa shape index (κ1) is 9.62. The Morgan fingerprint density at radius 3 is 1.91 bits per heavy atom. The highest BCUT2D eigenvalue weighted by Gasteiger charge is 2.26. The molecule has 1 aliphatic heterocycles. The van der Waals surface area contributed by atoms with Gasteiger partial charge in [0, 0.05) is 13.1 Å². The molecule has 0 saturated carbocycles. The Morgan fingerprint density at radius 2 is 1.55 bits per heavy atom. The van der Waals surface area contributed by atoms with Crippen molar-refractivity contribution in [3.63, 3.8) is 0 Å². The lowest BCUT2D eigenvalue weighted by Gasteiger charge is -2.30. The van der Waals surface area contributed by atoms with Crippen molar-refractivity contribution < 1.29 is 4.89 Å². The topological polar surface area (TPSA) is 26.7 Å². The lowest BCUT2D eigenvalue weighted by Crippen LogP contribution is -2.23. The van der Waals surface area contributed by atoms with Crippen LogP contribution in [0.4, 0.5) is 0 Å². The van der Waals surface area contributed by atoms with Crippen LogP contribution in [0.5, 0.6) is 0 Å². The van der Waals surface area contributed by atoms with Gasteiger partial charge in [-0.2, -0.15) is 0 Å². The summed E-state index contributed by atoms with van der Waals surface area (Å²) in [6.07, 6.45) is 2.28. The van der Waals surface area contributed by atoms with Crippen LogP contribution in [0.1, 0.15) is 12.8 Å². The van der Waals surface area contributed by atoms with Gasteiger partial charge >= 0.3 is 0 Å². The van der Waals surface area contributed by atoms with E-state index in [0.717, 1.165) is 25.9 Å². The molecule has 5 heteroatoms. The van der Waals surface area contributed by atoms with Crippen molar-refractivity contribution in [2.75, 3.05) is 27.2 Å². The second-order valence-electron chi connectivity index (χ2n) is 2.98. The van der Waals surface area contributed by atoms with Gasteiger partial charge in [-0.05, 0) is 38.7 Å². The Hall–Kier alpha value is 0.530. The van der Waals surface area contributed by atoms with Gasteiger partial charge in [0.2, 0.25) is 0 Å². The zero-order valence-electron chi connectivity index (χ0n) is 7.03. The summed E-state index contributed by atoms with van der Waals surface area (Å²) in [5.74, 6) is 0. The lowest BCUT2D eigenvalue weighted by molar-refractivity contribution is 0.415. The molecule has 11 heavy (non-hydrogen) atoms. The molecule has 1 aliphatic rings. The lowest BCUT2D eigenvalue weighted by atomic mass is 10.3. The molecule has 3 nitrogen and oxygen atoms in total. The summed E-state index contributed by atoms with van der Waals surface area (Å²) < 4.78 is 3.82. The minimum absolute atomic E-state index is 0.929. The minimum atomic E-state index is -2.31. The van der Waals surface area contributed by atoms with E-state index in [1.165, 1.54) is 0 Å². The zero-order valence-corrected chi connectivity index (χ0v) is 8.74. The summed E-state index contributed by atoms with van der Waals surface area (Å²) in [6, 6.07) is 0. The van der Waals surface area contributed by atoms with E-state index >= 15 is 0 Å². The van der Waals surface area contributed by atoms with Gasteiger partial charge in [-0.25, -0.2) is 9.34 Å². The molecule has 0 aromatic carbocycles. The van der Waals surface area contributed by atoms with Crippen LogP contribution in [0.3, 0.4) is 0 Å². The highest BCUT2D eigenvalue weighted by molar-refractivity contribution is 8.09. The maximum atomic E-state index is 9.87. The SMILES string of the molecule is CN1CCCCN(C)P1(O)=S. The monoisotopic (exact) mass is 194 g/mol. The van der Waals surface area contributed by atoms with E-state index < -0.39 is 6.57 Å². The van der Waals surface area contributed by atoms with Gasteiger partial charge in [-0.1, -0.05) is 0 Å². The maximum Gasteiger partial charge on any atom is 0.200 e. The molecule has 1 fully saturated rings. The van der Waals surface area contributed by atoms with Crippen molar-refractivity contribution in [3.8, 4) is 0 Å². The van der Waals surface area contributed by atoms with Crippen molar-refractivity contribution in [2.24, 2.45) is 0 Å². The first-order valence-electron chi connectivity index (χ1n) is 3.81. The van der Waals surface area contributed by atoms with Crippen LogP contribution < -0.4 is 0 Å². The molecule has 0 aromatic rings. The minimum Gasteiger partial charge on any atom is -0.343 e. The standard InChI is InChI=1S/C6H15N2OPS/c1-7-5-3-4-6-8(2)10(7,9)11/h3-6H2,1-2H3,(H,9,11). The van der Waals surface area contributed by atoms with Gasteiger partial charge in [0.05, 0.1) is 0 Å². The normalized spacial score (nSPS) is 28.3. The van der Waals surface area contributed by atoms with Crippen LogP contribution in [0, 0.1) is 0 Å². The molecular weight excluding hydrogens is 179 g/mol. The molecule has 66 valence electrons. The third kappa shape index (κ3) is 2.01. The fourth-order valence-corrected chi connectivity index (χ4v) is 3.02. The zero-order chi connectivity index (χ0) is 8.48. The van der Waals surface area contributed by atoms with Crippen molar-refractivity contribution in [1.82, 2.24) is 9.34 Å². The number of rotatable bonds is 0. The Morgan fingerprint density at radius 1 is 1.18 bits per heavy atom. The first-order chi connectivity index (χ1) is 5.05. The molecule has 0 unspecified atom stereocenters. The maximum absolute atomic E-state index is 9.87. The third-order valence-electron chi connectivity index (χ3n) is 2.10. The van der Waals surface area contributed by atoms with Crippen molar-refractivity contribution in [2.45, 2.75) is 12.8 Å². The molecule has 1 heterocycles. The molecule has 0 atom stereocenters. The second kappa shape index (κ2) is 3.50. The molecule has 0 radical (unpaired) electrons. The summed E-state index contributed by atoms with van der Waals surface area (Å²) in [6.45, 7) is -0.455. The van der Waals surface area contributed by atoms with Crippen LogP contribution in [0.2, 0.25) is 0 Å². The summed E-state index contributed by atoms with van der Waals surface area (Å²) in [4.78, 5) is 9.87. The van der Waals surface area contributed by atoms with E-state index in [-0.39, 0.29) is 0 Å². The smallest absolute Gasteiger partial charge is 0.200 e. The van der Waals surface area contributed by atoms with Gasteiger partial charge in [0.25, 0.3) is 0 Å². The Kier molecular flexibility index (Phi) is 3.06. The molecule has 0 bridgehead atoms. The summed E-state index contributed by atoms with van der Waals surface area (Å²) in [5.41, 5.74) is 0. The van der Waals surface area contributed by atoms with Crippen LogP contribution >= 0.6 is 6.57 Å². The molecule has 1 N–H and O–H groups in total. The van der Waals surface area contributed by atoms with Crippen molar-refractivity contribution in [3.05, 3.63) is 0 Å². The fraction of sp³-hybridized carbons (Fsp3) is 1.00. The first-order valence-corrected chi connectivity index (χ1v) is 6.47. The average Bonchev–Trinajstić information content (AvgIpc) is 2.03. The van der Waals surface area contributed by atoms with Crippen LogP contribution in [0.25, 0.3) is 0 Å². The fourth-order valence-electron chi connectivity index (χ4n) is 1.20. The largest absolute Gasteiger partial charge is 0.343 e. The molecule has 0 spiro atoms. The summed E-state index contributed by atoms with van der Waals surface area (Å²) >= 11 is 5.15. The molecule has 1 rings (SSSR count). The van der Waals surface area contributed by atoms with Crippen LogP contribution in [0.15, 0.2) is 0 Å². The van der Waals surface area contributed by atoms with E-state index in [4.69, 9.17) is 11.8 Å². The van der Waals surface area contributed by atoms with Crippen LogP contribution in [-0.4, -0.2) is 41.4 Å². The van der Waals surface area contributed by atoms with E-state index in [1.807, 2.05) is 23.4 Å². The molecule has 0 aromatic heterocycles. The molecule has 1 saturated heterocycles. The van der Waals surface area contributed by atoms with Gasteiger partial charge in [-0.3, -0.25) is 0 Å². The summed E-state index contributed by atoms with van der Waals surface area (Å²) in [5, 5.41) is 0. The van der Waals surface area contributed by atoms with E-state index in [9.17, 15) is 4.89 Å². The molecular formula is C6H15N2OPS. The Labute approximate surface area is 73.2 Å². The number of hydrogen-bond donors (Lipinski definition) is 1. The quantitative estimate of drug-likeness (QED) is 0.579. The van der Waals surface area contributed by atoms with Crippen molar-refractivity contribution in [1.29, 1.82) is 0 Å². The average molecular weight is 194 g/mol. The third-order valence-corrected chi connectivity index (χ3v) is 5.95. The molecule has 0 aliphatic carbocycles. The highest BCUT2D eigenvalue weighted by Crippen LogP contribution is 2.48. The van der Waals surface area contributed by atoms with Gasteiger partial charge in [0.1, 0.15) is 0 Å². The second-order valence-corrected chi connectivity index (χ2v) is 6.84. The Bertz CT molecular complexity index is 171. The van der Waals surface area contributed by atoms with E-state index in [2.05, 4.69) is 0 Å². The van der Waals surface area contributed by atoms with Crippen molar-refractivity contribution >= 4 is 18.4 Å². The Balaban J connectivity index is 2.76.